The van der Waals surface area contributed by atoms with Gasteiger partial charge in [-0.15, -0.1) is 0 Å². The average Bonchev–Trinajstić information content (AvgIpc) is 3.23. The Morgan fingerprint density at radius 1 is 0.939 bits per heavy atom. The van der Waals surface area contributed by atoms with Crippen molar-refractivity contribution in [1.82, 2.24) is 4.98 Å². The average molecular weight is 465 g/mol. The predicted molar refractivity (Wildman–Crippen MR) is 132 cm³/mol. The van der Waals surface area contributed by atoms with E-state index in [-0.39, 0.29) is 24.7 Å². The van der Waals surface area contributed by atoms with Crippen LogP contribution >= 0.6 is 7.60 Å². The molecule has 0 aliphatic carbocycles. The fourth-order valence-electron chi connectivity index (χ4n) is 3.84. The molecular formula is C26H29N2O4P. The third-order valence-electron chi connectivity index (χ3n) is 5.38. The van der Waals surface area contributed by atoms with E-state index in [4.69, 9.17) is 13.5 Å². The minimum absolute atomic E-state index is 0.0972. The first-order valence-electron chi connectivity index (χ1n) is 11.2. The molecule has 1 heterocycles. The number of nitrogens with one attached hydrogen (secondary N) is 1. The highest BCUT2D eigenvalue weighted by Gasteiger charge is 2.36. The Hall–Kier alpha value is -2.92. The summed E-state index contributed by atoms with van der Waals surface area (Å²) in [5, 5.41) is 5.61. The Balaban J connectivity index is 1.73. The molecule has 0 aliphatic rings. The second kappa shape index (κ2) is 10.3. The molecule has 33 heavy (non-hydrogen) atoms. The van der Waals surface area contributed by atoms with E-state index in [1.54, 1.807) is 13.8 Å². The fraction of sp³-hybridized carbons (Fsp3) is 0.269. The maximum atomic E-state index is 13.6. The monoisotopic (exact) mass is 464 g/mol. The smallest absolute Gasteiger partial charge is 0.385 e. The lowest BCUT2D eigenvalue weighted by Crippen LogP contribution is -2.18. The van der Waals surface area contributed by atoms with Gasteiger partial charge in [0, 0.05) is 0 Å². The molecule has 0 amide bonds. The van der Waals surface area contributed by atoms with Crippen LogP contribution in [0.25, 0.3) is 10.8 Å². The van der Waals surface area contributed by atoms with Gasteiger partial charge >= 0.3 is 7.60 Å². The molecule has 4 rings (SSSR count). The van der Waals surface area contributed by atoms with Gasteiger partial charge in [-0.3, -0.25) is 4.57 Å². The summed E-state index contributed by atoms with van der Waals surface area (Å²) in [4.78, 5) is 4.63. The molecule has 7 heteroatoms. The molecule has 1 N–H and O–H groups in total. The van der Waals surface area contributed by atoms with Crippen molar-refractivity contribution in [3.05, 3.63) is 89.8 Å². The maximum absolute atomic E-state index is 13.6. The SMILES string of the molecule is CCOP(=O)(OCC)c1nc(Cc2cccc3ccccc23)oc1NC(C)c1ccccc1. The summed E-state index contributed by atoms with van der Waals surface area (Å²) in [5.41, 5.74) is 2.33. The van der Waals surface area contributed by atoms with Crippen LogP contribution in [-0.4, -0.2) is 18.2 Å². The summed E-state index contributed by atoms with van der Waals surface area (Å²) >= 11 is 0. The number of anilines is 1. The van der Waals surface area contributed by atoms with Crippen molar-refractivity contribution in [3.63, 3.8) is 0 Å². The van der Waals surface area contributed by atoms with Gasteiger partial charge in [-0.05, 0) is 42.7 Å². The van der Waals surface area contributed by atoms with Crippen LogP contribution in [0.3, 0.4) is 0 Å². The van der Waals surface area contributed by atoms with Crippen molar-refractivity contribution in [2.24, 2.45) is 0 Å². The standard InChI is InChI=1S/C26H29N2O4P/c1-4-30-33(29,31-5-2)26-25(27-19(3)20-12-7-6-8-13-20)32-24(28-26)18-22-16-11-15-21-14-9-10-17-23(21)22/h6-17,19,27H,4-5,18H2,1-3H3. The lowest BCUT2D eigenvalue weighted by atomic mass is 10.0. The largest absolute Gasteiger partial charge is 0.424 e. The highest BCUT2D eigenvalue weighted by molar-refractivity contribution is 7.62. The van der Waals surface area contributed by atoms with Gasteiger partial charge in [-0.2, -0.15) is 0 Å². The molecule has 0 aliphatic heterocycles. The van der Waals surface area contributed by atoms with Crippen LogP contribution in [0.5, 0.6) is 0 Å². The molecule has 0 saturated carbocycles. The maximum Gasteiger partial charge on any atom is 0.385 e. The zero-order chi connectivity index (χ0) is 23.3. The van der Waals surface area contributed by atoms with E-state index in [2.05, 4.69) is 34.6 Å². The topological polar surface area (TPSA) is 73.6 Å². The van der Waals surface area contributed by atoms with Gasteiger partial charge in [0.2, 0.25) is 17.2 Å². The van der Waals surface area contributed by atoms with Crippen LogP contribution in [0.4, 0.5) is 5.88 Å². The molecule has 0 saturated heterocycles. The van der Waals surface area contributed by atoms with E-state index in [1.807, 2.05) is 55.5 Å². The van der Waals surface area contributed by atoms with Crippen molar-refractivity contribution in [2.45, 2.75) is 33.2 Å². The summed E-state index contributed by atoms with van der Waals surface area (Å²) in [6.07, 6.45) is 0.452. The summed E-state index contributed by atoms with van der Waals surface area (Å²) in [7, 11) is -3.66. The predicted octanol–water partition coefficient (Wildman–Crippen LogP) is 6.48. The summed E-state index contributed by atoms with van der Waals surface area (Å²) in [6.45, 7) is 6.04. The van der Waals surface area contributed by atoms with Gasteiger partial charge in [-0.1, -0.05) is 72.8 Å². The summed E-state index contributed by atoms with van der Waals surface area (Å²) in [5.74, 6) is 0.760. The molecule has 0 spiro atoms. The van der Waals surface area contributed by atoms with Crippen molar-refractivity contribution < 1.29 is 18.0 Å². The number of nitrogens with zero attached hydrogens (tertiary/aromatic N) is 1. The number of oxazole rings is 1. The Labute approximate surface area is 194 Å². The molecule has 0 bridgehead atoms. The summed E-state index contributed by atoms with van der Waals surface area (Å²) < 4.78 is 30.9. The van der Waals surface area contributed by atoms with E-state index in [9.17, 15) is 4.57 Å². The Bertz CT molecular complexity index is 1240. The molecule has 1 aromatic heterocycles. The fourth-order valence-corrected chi connectivity index (χ4v) is 5.43. The van der Waals surface area contributed by atoms with E-state index >= 15 is 0 Å². The van der Waals surface area contributed by atoms with E-state index in [0.29, 0.717) is 18.2 Å². The number of rotatable bonds is 10. The van der Waals surface area contributed by atoms with Crippen LogP contribution in [-0.2, 0) is 20.0 Å². The number of hydrogen-bond acceptors (Lipinski definition) is 6. The molecule has 0 radical (unpaired) electrons. The van der Waals surface area contributed by atoms with Crippen molar-refractivity contribution >= 4 is 29.7 Å². The van der Waals surface area contributed by atoms with E-state index in [0.717, 1.165) is 21.9 Å². The molecular weight excluding hydrogens is 435 g/mol. The number of fused-ring (bicyclic) bond motifs is 1. The van der Waals surface area contributed by atoms with Gasteiger partial charge in [0.05, 0.1) is 25.7 Å². The normalized spacial score (nSPS) is 12.7. The summed E-state index contributed by atoms with van der Waals surface area (Å²) in [6, 6.07) is 24.2. The molecule has 4 aromatic rings. The van der Waals surface area contributed by atoms with Gasteiger partial charge in [-0.25, -0.2) is 4.98 Å². The molecule has 3 aromatic carbocycles. The first-order valence-corrected chi connectivity index (χ1v) is 12.8. The Morgan fingerprint density at radius 3 is 2.33 bits per heavy atom. The zero-order valence-electron chi connectivity index (χ0n) is 19.2. The van der Waals surface area contributed by atoms with Crippen LogP contribution < -0.4 is 10.8 Å². The highest BCUT2D eigenvalue weighted by atomic mass is 31.2. The molecule has 172 valence electrons. The van der Waals surface area contributed by atoms with Crippen molar-refractivity contribution in [1.29, 1.82) is 0 Å². The molecule has 0 fully saturated rings. The van der Waals surface area contributed by atoms with Gasteiger partial charge in [0.25, 0.3) is 0 Å². The molecule has 1 unspecified atom stereocenters. The minimum Gasteiger partial charge on any atom is -0.424 e. The highest BCUT2D eigenvalue weighted by Crippen LogP contribution is 2.49. The molecule has 6 nitrogen and oxygen atoms in total. The van der Waals surface area contributed by atoms with Crippen molar-refractivity contribution in [3.8, 4) is 0 Å². The van der Waals surface area contributed by atoms with E-state index < -0.39 is 7.60 Å². The van der Waals surface area contributed by atoms with Crippen molar-refractivity contribution in [2.75, 3.05) is 18.5 Å². The van der Waals surface area contributed by atoms with Gasteiger partial charge in [0.15, 0.2) is 0 Å². The Morgan fingerprint density at radius 2 is 1.61 bits per heavy atom. The van der Waals surface area contributed by atoms with Gasteiger partial charge in [0.1, 0.15) is 0 Å². The number of benzene rings is 3. The number of hydrogen-bond donors (Lipinski definition) is 1. The van der Waals surface area contributed by atoms with E-state index in [1.165, 1.54) is 0 Å². The first kappa shape index (κ1) is 23.2. The first-order chi connectivity index (χ1) is 16.0. The Kier molecular flexibility index (Phi) is 7.29. The van der Waals surface area contributed by atoms with Gasteiger partial charge < -0.3 is 18.8 Å². The molecule has 1 atom stereocenters. The quantitative estimate of drug-likeness (QED) is 0.271. The third kappa shape index (κ3) is 5.19. The van der Waals surface area contributed by atoms with Crippen LogP contribution in [0.15, 0.2) is 77.2 Å². The number of aromatic nitrogens is 1. The lowest BCUT2D eigenvalue weighted by Gasteiger charge is -2.18. The third-order valence-corrected chi connectivity index (χ3v) is 7.40. The van der Waals surface area contributed by atoms with Crippen LogP contribution in [0, 0.1) is 0 Å². The van der Waals surface area contributed by atoms with Crippen LogP contribution in [0.1, 0.15) is 43.8 Å². The van der Waals surface area contributed by atoms with Crippen LogP contribution in [0.2, 0.25) is 0 Å². The lowest BCUT2D eigenvalue weighted by molar-refractivity contribution is 0.229. The second-order valence-electron chi connectivity index (χ2n) is 7.69. The second-order valence-corrected chi connectivity index (χ2v) is 9.62. The minimum atomic E-state index is -3.66. The zero-order valence-corrected chi connectivity index (χ0v) is 20.0.